The highest BCUT2D eigenvalue weighted by molar-refractivity contribution is 6.05. The van der Waals surface area contributed by atoms with Crippen molar-refractivity contribution in [1.29, 1.82) is 0 Å². The highest BCUT2D eigenvalue weighted by atomic mass is 16.7. The lowest BCUT2D eigenvalue weighted by Gasteiger charge is -2.29. The molecule has 0 radical (unpaired) electrons. The normalized spacial score (nSPS) is 22.3. The van der Waals surface area contributed by atoms with E-state index in [1.54, 1.807) is 24.3 Å². The fourth-order valence-corrected chi connectivity index (χ4v) is 8.17. The van der Waals surface area contributed by atoms with Crippen LogP contribution < -0.4 is 20.1 Å². The molecule has 2 heterocycles. The molecule has 2 amide bonds. The smallest absolute Gasteiger partial charge is 0.328 e. The number of anilines is 1. The third-order valence-corrected chi connectivity index (χ3v) is 10.5. The summed E-state index contributed by atoms with van der Waals surface area (Å²) in [4.78, 5) is 43.5. The first-order valence-corrected chi connectivity index (χ1v) is 16.4. The highest BCUT2D eigenvalue weighted by Gasteiger charge is 2.44. The number of carbonyl (C=O) groups is 3. The predicted octanol–water partition coefficient (Wildman–Crippen LogP) is 6.57. The highest BCUT2D eigenvalue weighted by Crippen LogP contribution is 2.53. The van der Waals surface area contributed by atoms with Gasteiger partial charge in [0.05, 0.1) is 16.6 Å². The van der Waals surface area contributed by atoms with E-state index in [1.165, 1.54) is 25.3 Å². The number of imidazole rings is 1. The van der Waals surface area contributed by atoms with Gasteiger partial charge in [0.1, 0.15) is 11.4 Å². The van der Waals surface area contributed by atoms with Gasteiger partial charge in [-0.15, -0.1) is 0 Å². The van der Waals surface area contributed by atoms with Crippen LogP contribution in [0.2, 0.25) is 0 Å². The summed E-state index contributed by atoms with van der Waals surface area (Å²) in [6.07, 6.45) is 10.2. The second-order valence-electron chi connectivity index (χ2n) is 13.3. The van der Waals surface area contributed by atoms with Gasteiger partial charge in [0.2, 0.25) is 12.7 Å². The van der Waals surface area contributed by atoms with Gasteiger partial charge in [-0.3, -0.25) is 9.59 Å². The number of carboxylic acids is 1. The molecule has 3 fully saturated rings. The average Bonchev–Trinajstić information content (AvgIpc) is 3.92. The molecule has 8 rings (SSSR count). The molecule has 1 unspecified atom stereocenters. The van der Waals surface area contributed by atoms with Crippen molar-refractivity contribution >= 4 is 40.6 Å². The molecule has 1 aromatic heterocycles. The van der Waals surface area contributed by atoms with Crippen molar-refractivity contribution in [3.05, 3.63) is 77.9 Å². The first kappa shape index (κ1) is 29.3. The quantitative estimate of drug-likeness (QED) is 0.187. The first-order chi connectivity index (χ1) is 22.9. The number of nitrogens with zero attached hydrogens (tertiary/aromatic N) is 2. The Balaban J connectivity index is 1.08. The number of para-hydroxylation sites is 1. The molecule has 47 heavy (non-hydrogen) atoms. The number of amides is 2. The third-order valence-electron chi connectivity index (χ3n) is 10.5. The number of benzene rings is 3. The van der Waals surface area contributed by atoms with Crippen LogP contribution in [-0.4, -0.2) is 44.8 Å². The van der Waals surface area contributed by atoms with Gasteiger partial charge in [-0.25, -0.2) is 9.78 Å². The summed E-state index contributed by atoms with van der Waals surface area (Å²) in [5.74, 6) is 1.97. The zero-order valence-corrected chi connectivity index (χ0v) is 25.9. The fraction of sp³-hybridized carbons (Fsp3) is 0.351. The zero-order valence-electron chi connectivity index (χ0n) is 25.9. The van der Waals surface area contributed by atoms with Crippen LogP contribution in [-0.2, 0) is 9.59 Å². The minimum absolute atomic E-state index is 0.176. The Kier molecular flexibility index (Phi) is 7.23. The summed E-state index contributed by atoms with van der Waals surface area (Å²) < 4.78 is 13.9. The molecule has 3 saturated carbocycles. The number of ether oxygens (including phenoxy) is 2. The lowest BCUT2D eigenvalue weighted by molar-refractivity contribution is -0.131. The van der Waals surface area contributed by atoms with Crippen LogP contribution in [0.1, 0.15) is 73.3 Å². The minimum Gasteiger partial charge on any atom is -0.478 e. The summed E-state index contributed by atoms with van der Waals surface area (Å²) in [7, 11) is 0. The Morgan fingerprint density at radius 3 is 2.55 bits per heavy atom. The fourth-order valence-electron chi connectivity index (χ4n) is 8.17. The van der Waals surface area contributed by atoms with E-state index in [9.17, 15) is 14.4 Å². The average molecular weight is 633 g/mol. The van der Waals surface area contributed by atoms with Gasteiger partial charge in [-0.2, -0.15) is 0 Å². The summed E-state index contributed by atoms with van der Waals surface area (Å²) in [6, 6.07) is 18.8. The molecule has 3 N–H and O–H groups in total. The van der Waals surface area contributed by atoms with Crippen molar-refractivity contribution in [2.24, 2.45) is 11.8 Å². The van der Waals surface area contributed by atoms with E-state index in [1.807, 2.05) is 36.4 Å². The number of hydrogen-bond donors (Lipinski definition) is 3. The number of nitrogens with one attached hydrogen (secondary N) is 2. The van der Waals surface area contributed by atoms with Gasteiger partial charge >= 0.3 is 5.97 Å². The van der Waals surface area contributed by atoms with Gasteiger partial charge in [0.15, 0.2) is 11.5 Å². The standard InChI is InChI=1S/C37H36N4O6/c42-32(43)15-9-22-7-12-26(13-8-22)38-36(45)37(16-1-2-17-37)40-35(44)25-11-14-29-28(20-25)39-34(27-4-3-5-31-33(27)47-21-46-31)41(29)30-19-23-6-10-24(30)18-23/h3-5,7-9,11-15,20,23-24,30H,1-2,6,10,16-19,21H2,(H,38,45)(H,40,44)(H,42,43)/b15-9+/t23-,24+,30?/m0/s1. The van der Waals surface area contributed by atoms with Crippen molar-refractivity contribution in [1.82, 2.24) is 14.9 Å². The largest absolute Gasteiger partial charge is 0.478 e. The van der Waals surface area contributed by atoms with Crippen molar-refractivity contribution in [3.63, 3.8) is 0 Å². The van der Waals surface area contributed by atoms with E-state index < -0.39 is 11.5 Å². The molecule has 0 spiro atoms. The Labute approximate surface area is 271 Å². The van der Waals surface area contributed by atoms with Gasteiger partial charge < -0.3 is 29.8 Å². The lowest BCUT2D eigenvalue weighted by Crippen LogP contribution is -2.55. The second-order valence-corrected chi connectivity index (χ2v) is 13.3. The second kappa shape index (κ2) is 11.6. The summed E-state index contributed by atoms with van der Waals surface area (Å²) in [6.45, 7) is 0.176. The van der Waals surface area contributed by atoms with E-state index in [0.29, 0.717) is 53.1 Å². The summed E-state index contributed by atoms with van der Waals surface area (Å²) in [5.41, 5.74) is 3.29. The molecule has 4 aliphatic rings. The monoisotopic (exact) mass is 632 g/mol. The molecule has 10 nitrogen and oxygen atoms in total. The van der Waals surface area contributed by atoms with Crippen LogP contribution in [0.25, 0.3) is 28.5 Å². The van der Waals surface area contributed by atoms with E-state index in [2.05, 4.69) is 15.2 Å². The Bertz CT molecular complexity index is 1920. The number of aliphatic carboxylic acids is 1. The maximum atomic E-state index is 13.8. The maximum absolute atomic E-state index is 13.8. The molecule has 3 aromatic carbocycles. The summed E-state index contributed by atoms with van der Waals surface area (Å²) >= 11 is 0. The van der Waals surface area contributed by atoms with Crippen LogP contribution in [0.5, 0.6) is 11.5 Å². The molecule has 1 aliphatic heterocycles. The van der Waals surface area contributed by atoms with Gasteiger partial charge in [-0.1, -0.05) is 37.5 Å². The van der Waals surface area contributed by atoms with E-state index in [4.69, 9.17) is 19.6 Å². The molecule has 240 valence electrons. The maximum Gasteiger partial charge on any atom is 0.328 e. The number of fused-ring (bicyclic) bond motifs is 4. The minimum atomic E-state index is -1.04. The van der Waals surface area contributed by atoms with E-state index in [0.717, 1.165) is 53.7 Å². The Morgan fingerprint density at radius 1 is 0.979 bits per heavy atom. The topological polar surface area (TPSA) is 132 Å². The molecule has 3 atom stereocenters. The van der Waals surface area contributed by atoms with Crippen molar-refractivity contribution in [3.8, 4) is 22.9 Å². The SMILES string of the molecule is O=C(O)/C=C/c1ccc(NC(=O)C2(NC(=O)c3ccc4c(c3)nc(-c3cccc5c3OCO5)n4C3C[C@H]4CC[C@@H]3C4)CCCC2)cc1. The Hall–Kier alpha value is -5.12. The first-order valence-electron chi connectivity index (χ1n) is 16.4. The van der Waals surface area contributed by atoms with Crippen LogP contribution in [0, 0.1) is 11.8 Å². The van der Waals surface area contributed by atoms with Gasteiger partial charge in [0, 0.05) is 23.4 Å². The molecular formula is C37H36N4O6. The summed E-state index contributed by atoms with van der Waals surface area (Å²) in [5, 5.41) is 14.9. The van der Waals surface area contributed by atoms with Crippen LogP contribution in [0.3, 0.4) is 0 Å². The van der Waals surface area contributed by atoms with E-state index in [-0.39, 0.29) is 18.6 Å². The molecule has 10 heteroatoms. The zero-order chi connectivity index (χ0) is 32.1. The number of hydrogen-bond acceptors (Lipinski definition) is 6. The van der Waals surface area contributed by atoms with Crippen LogP contribution >= 0.6 is 0 Å². The van der Waals surface area contributed by atoms with Crippen molar-refractivity contribution < 1.29 is 29.0 Å². The van der Waals surface area contributed by atoms with Gasteiger partial charge in [-0.05, 0) is 98.0 Å². The van der Waals surface area contributed by atoms with Crippen molar-refractivity contribution in [2.45, 2.75) is 62.9 Å². The molecule has 2 bridgehead atoms. The van der Waals surface area contributed by atoms with E-state index >= 15 is 0 Å². The van der Waals surface area contributed by atoms with Crippen LogP contribution in [0.15, 0.2) is 66.7 Å². The predicted molar refractivity (Wildman–Crippen MR) is 176 cm³/mol. The Morgan fingerprint density at radius 2 is 1.81 bits per heavy atom. The molecule has 3 aliphatic carbocycles. The molecule has 4 aromatic rings. The number of carbonyl (C=O) groups excluding carboxylic acids is 2. The number of rotatable bonds is 8. The van der Waals surface area contributed by atoms with Gasteiger partial charge in [0.25, 0.3) is 5.91 Å². The number of carboxylic acid groups (broad SMARTS) is 1. The molecule has 0 saturated heterocycles. The molecular weight excluding hydrogens is 596 g/mol. The lowest BCUT2D eigenvalue weighted by atomic mass is 9.94. The van der Waals surface area contributed by atoms with Crippen LogP contribution in [0.4, 0.5) is 5.69 Å². The number of aromatic nitrogens is 2. The van der Waals surface area contributed by atoms with Crippen molar-refractivity contribution in [2.75, 3.05) is 12.1 Å². The third kappa shape index (κ3) is 5.31.